The summed E-state index contributed by atoms with van der Waals surface area (Å²) < 4.78 is 24.0. The van der Waals surface area contributed by atoms with E-state index < -0.39 is 0 Å². The first-order chi connectivity index (χ1) is 16.0. The van der Waals surface area contributed by atoms with E-state index in [4.69, 9.17) is 18.9 Å². The monoisotopic (exact) mass is 506 g/mol. The molecule has 3 aromatic carbocycles. The fourth-order valence-electron chi connectivity index (χ4n) is 4.09. The molecule has 0 aromatic heterocycles. The zero-order valence-electron chi connectivity index (χ0n) is 18.4. The Hall–Kier alpha value is -3.09. The highest BCUT2D eigenvalue weighted by Gasteiger charge is 2.30. The van der Waals surface area contributed by atoms with E-state index in [-0.39, 0.29) is 12.6 Å². The van der Waals surface area contributed by atoms with E-state index in [0.29, 0.717) is 36.0 Å². The maximum absolute atomic E-state index is 13.0. The van der Waals surface area contributed by atoms with Crippen molar-refractivity contribution in [1.82, 2.24) is 0 Å². The van der Waals surface area contributed by atoms with Crippen LogP contribution in [0.25, 0.3) is 6.08 Å². The van der Waals surface area contributed by atoms with E-state index in [0.717, 1.165) is 38.9 Å². The molecular weight excluding hydrogens is 484 g/mol. The topological polar surface area (TPSA) is 54.0 Å². The Morgan fingerprint density at radius 3 is 2.73 bits per heavy atom. The fraction of sp³-hybridized carbons (Fsp3) is 0.222. The first-order valence-electron chi connectivity index (χ1n) is 10.8. The number of Topliss-reactive ketones (excluding diaryl/α,β-unsaturated/α-hetero) is 1. The third kappa shape index (κ3) is 4.41. The van der Waals surface area contributed by atoms with Gasteiger partial charge in [-0.05, 0) is 54.3 Å². The SMILES string of the molecule is CCc1ccc(/C=C2\Oc3cc(OCc4cc(Br)cc5c4OCOC5)cc(C)c3C2=O)cc1. The van der Waals surface area contributed by atoms with Crippen molar-refractivity contribution >= 4 is 27.8 Å². The van der Waals surface area contributed by atoms with E-state index in [9.17, 15) is 4.79 Å². The third-order valence-electron chi connectivity index (χ3n) is 5.78. The van der Waals surface area contributed by atoms with E-state index in [1.54, 1.807) is 12.1 Å². The number of allylic oxidation sites excluding steroid dienone is 1. The molecule has 2 aliphatic heterocycles. The van der Waals surface area contributed by atoms with Crippen LogP contribution in [-0.2, 0) is 24.4 Å². The second-order valence-corrected chi connectivity index (χ2v) is 9.02. The number of benzene rings is 3. The molecule has 0 fully saturated rings. The third-order valence-corrected chi connectivity index (χ3v) is 6.23. The predicted molar refractivity (Wildman–Crippen MR) is 129 cm³/mol. The molecule has 0 atom stereocenters. The number of halogens is 1. The smallest absolute Gasteiger partial charge is 0.232 e. The summed E-state index contributed by atoms with van der Waals surface area (Å²) in [5.41, 5.74) is 5.49. The zero-order valence-corrected chi connectivity index (χ0v) is 20.0. The first kappa shape index (κ1) is 21.7. The van der Waals surface area contributed by atoms with Crippen LogP contribution in [-0.4, -0.2) is 12.6 Å². The molecule has 0 spiro atoms. The number of fused-ring (bicyclic) bond motifs is 2. The van der Waals surface area contributed by atoms with Gasteiger partial charge in [-0.15, -0.1) is 0 Å². The van der Waals surface area contributed by atoms with Gasteiger partial charge in [-0.25, -0.2) is 0 Å². The van der Waals surface area contributed by atoms with Crippen molar-refractivity contribution in [3.8, 4) is 17.2 Å². The Labute approximate surface area is 201 Å². The average molecular weight is 507 g/mol. The van der Waals surface area contributed by atoms with E-state index in [2.05, 4.69) is 35.0 Å². The maximum atomic E-state index is 13.0. The van der Waals surface area contributed by atoms with Gasteiger partial charge in [-0.3, -0.25) is 4.79 Å². The lowest BCUT2D eigenvalue weighted by Crippen LogP contribution is -2.14. The number of rotatable bonds is 5. The summed E-state index contributed by atoms with van der Waals surface area (Å²) in [6.45, 7) is 5.06. The molecule has 0 bridgehead atoms. The standard InChI is InChI=1S/C27H23BrO5/c1-3-17-4-6-18(7-5-17)9-24-26(29)25-16(2)8-22(12-23(25)33-24)31-14-20-11-21(28)10-19-13-30-15-32-27(19)20/h4-12H,3,13-15H2,1-2H3/b24-9-. The van der Waals surface area contributed by atoms with E-state index in [1.807, 2.05) is 37.3 Å². The number of carbonyl (C=O) groups excluding carboxylic acids is 1. The number of hydrogen-bond donors (Lipinski definition) is 0. The second-order valence-electron chi connectivity index (χ2n) is 8.10. The highest BCUT2D eigenvalue weighted by atomic mass is 79.9. The molecule has 2 aliphatic rings. The van der Waals surface area contributed by atoms with Crippen LogP contribution in [0.2, 0.25) is 0 Å². The largest absolute Gasteiger partial charge is 0.489 e. The van der Waals surface area contributed by atoms with Crippen molar-refractivity contribution in [2.75, 3.05) is 6.79 Å². The molecular formula is C27H23BrO5. The molecule has 0 saturated heterocycles. The van der Waals surface area contributed by atoms with Crippen LogP contribution in [0.3, 0.4) is 0 Å². The molecule has 5 rings (SSSR count). The molecule has 0 saturated carbocycles. The van der Waals surface area contributed by atoms with Crippen LogP contribution < -0.4 is 14.2 Å². The summed E-state index contributed by atoms with van der Waals surface area (Å²) >= 11 is 3.54. The van der Waals surface area contributed by atoms with Gasteiger partial charge in [0.2, 0.25) is 5.78 Å². The highest BCUT2D eigenvalue weighted by Crippen LogP contribution is 2.38. The normalized spacial score (nSPS) is 15.6. The molecule has 0 aliphatic carbocycles. The average Bonchev–Trinajstić information content (AvgIpc) is 3.13. The summed E-state index contributed by atoms with van der Waals surface area (Å²) in [6.07, 6.45) is 2.76. The lowest BCUT2D eigenvalue weighted by atomic mass is 10.0. The van der Waals surface area contributed by atoms with Crippen LogP contribution in [0, 0.1) is 6.92 Å². The molecule has 3 aromatic rings. The second kappa shape index (κ2) is 9.04. The van der Waals surface area contributed by atoms with E-state index in [1.165, 1.54) is 5.56 Å². The van der Waals surface area contributed by atoms with Crippen molar-refractivity contribution in [2.45, 2.75) is 33.5 Å². The Bertz CT molecular complexity index is 1260. The molecule has 0 amide bonds. The minimum atomic E-state index is -0.108. The highest BCUT2D eigenvalue weighted by molar-refractivity contribution is 9.10. The molecule has 5 nitrogen and oxygen atoms in total. The lowest BCUT2D eigenvalue weighted by molar-refractivity contribution is -0.0176. The summed E-state index contributed by atoms with van der Waals surface area (Å²) in [6, 6.07) is 15.7. The van der Waals surface area contributed by atoms with Gasteiger partial charge in [0.15, 0.2) is 12.6 Å². The van der Waals surface area contributed by atoms with Gasteiger partial charge in [-0.1, -0.05) is 47.1 Å². The van der Waals surface area contributed by atoms with Crippen molar-refractivity contribution in [3.63, 3.8) is 0 Å². The van der Waals surface area contributed by atoms with Crippen molar-refractivity contribution < 1.29 is 23.7 Å². The van der Waals surface area contributed by atoms with Gasteiger partial charge < -0.3 is 18.9 Å². The van der Waals surface area contributed by atoms with Gasteiger partial charge in [0, 0.05) is 21.7 Å². The van der Waals surface area contributed by atoms with Crippen molar-refractivity contribution in [1.29, 1.82) is 0 Å². The van der Waals surface area contributed by atoms with Crippen LogP contribution in [0.5, 0.6) is 17.2 Å². The van der Waals surface area contributed by atoms with Crippen molar-refractivity contribution in [3.05, 3.63) is 92.1 Å². The van der Waals surface area contributed by atoms with Gasteiger partial charge in [0.1, 0.15) is 23.9 Å². The molecule has 2 heterocycles. The van der Waals surface area contributed by atoms with Crippen LogP contribution in [0.15, 0.2) is 58.8 Å². The lowest BCUT2D eigenvalue weighted by Gasteiger charge is -2.21. The summed E-state index contributed by atoms with van der Waals surface area (Å²) in [7, 11) is 0. The maximum Gasteiger partial charge on any atom is 0.232 e. The molecule has 0 radical (unpaired) electrons. The Kier molecular flexibility index (Phi) is 5.96. The minimum absolute atomic E-state index is 0.108. The predicted octanol–water partition coefficient (Wildman–Crippen LogP) is 6.38. The summed E-state index contributed by atoms with van der Waals surface area (Å²) in [5, 5.41) is 0. The summed E-state index contributed by atoms with van der Waals surface area (Å²) in [4.78, 5) is 13.0. The van der Waals surface area contributed by atoms with Crippen LogP contribution in [0.4, 0.5) is 0 Å². The van der Waals surface area contributed by atoms with Crippen molar-refractivity contribution in [2.24, 2.45) is 0 Å². The Morgan fingerprint density at radius 1 is 1.12 bits per heavy atom. The Morgan fingerprint density at radius 2 is 1.94 bits per heavy atom. The number of ether oxygens (including phenoxy) is 4. The number of ketones is 1. The zero-order chi connectivity index (χ0) is 22.9. The fourth-order valence-corrected chi connectivity index (χ4v) is 4.64. The molecule has 33 heavy (non-hydrogen) atoms. The Balaban J connectivity index is 1.37. The first-order valence-corrected chi connectivity index (χ1v) is 11.6. The minimum Gasteiger partial charge on any atom is -0.489 e. The number of hydrogen-bond acceptors (Lipinski definition) is 5. The van der Waals surface area contributed by atoms with E-state index >= 15 is 0 Å². The molecule has 0 N–H and O–H groups in total. The molecule has 0 unspecified atom stereocenters. The quantitative estimate of drug-likeness (QED) is 0.375. The van der Waals surface area contributed by atoms with Gasteiger partial charge in [-0.2, -0.15) is 0 Å². The molecule has 168 valence electrons. The van der Waals surface area contributed by atoms with Crippen LogP contribution >= 0.6 is 15.9 Å². The van der Waals surface area contributed by atoms with Crippen LogP contribution in [0.1, 0.15) is 45.1 Å². The number of carbonyl (C=O) groups is 1. The van der Waals surface area contributed by atoms with Gasteiger partial charge >= 0.3 is 0 Å². The summed E-state index contributed by atoms with van der Waals surface area (Å²) in [5.74, 6) is 2.17. The molecule has 6 heteroatoms. The number of aryl methyl sites for hydroxylation is 2. The van der Waals surface area contributed by atoms with Gasteiger partial charge in [0.05, 0.1) is 12.2 Å². The van der Waals surface area contributed by atoms with Gasteiger partial charge in [0.25, 0.3) is 0 Å².